The molecule has 0 unspecified atom stereocenters. The van der Waals surface area contributed by atoms with E-state index in [-0.39, 0.29) is 12.0 Å². The second kappa shape index (κ2) is 10.9. The number of carbonyl (C=O) groups is 1. The molecular weight excluding hydrogens is 444 g/mol. The number of carbonyl (C=O) groups excluding carboxylic acids is 1. The summed E-state index contributed by atoms with van der Waals surface area (Å²) in [6.45, 7) is 4.24. The SMILES string of the molecule is CCCCc1nc(C)c(CC(=O)OC)c(=O)n1Cc1ccc(-c2ccccc2-c2nn[nH]n2)cc1. The van der Waals surface area contributed by atoms with E-state index in [0.717, 1.165) is 40.9 Å². The lowest BCUT2D eigenvalue weighted by molar-refractivity contribution is -0.139. The lowest BCUT2D eigenvalue weighted by atomic mass is 9.98. The third-order valence-corrected chi connectivity index (χ3v) is 5.97. The van der Waals surface area contributed by atoms with Crippen molar-refractivity contribution in [3.63, 3.8) is 0 Å². The van der Waals surface area contributed by atoms with E-state index < -0.39 is 5.97 Å². The molecule has 2 aromatic heterocycles. The van der Waals surface area contributed by atoms with Crippen molar-refractivity contribution in [3.8, 4) is 22.5 Å². The molecule has 0 aliphatic heterocycles. The Morgan fingerprint density at radius 3 is 2.49 bits per heavy atom. The number of hydrogen-bond donors (Lipinski definition) is 1. The molecule has 35 heavy (non-hydrogen) atoms. The summed E-state index contributed by atoms with van der Waals surface area (Å²) < 4.78 is 6.46. The van der Waals surface area contributed by atoms with Crippen LogP contribution in [0.5, 0.6) is 0 Å². The smallest absolute Gasteiger partial charge is 0.310 e. The average Bonchev–Trinajstić information content (AvgIpc) is 3.42. The Morgan fingerprint density at radius 2 is 1.83 bits per heavy atom. The molecule has 4 aromatic rings. The zero-order valence-corrected chi connectivity index (χ0v) is 20.1. The van der Waals surface area contributed by atoms with Crippen LogP contribution >= 0.6 is 0 Å². The first kappa shape index (κ1) is 24.0. The number of hydrogen-bond acceptors (Lipinski definition) is 7. The van der Waals surface area contributed by atoms with Gasteiger partial charge in [0.1, 0.15) is 5.82 Å². The van der Waals surface area contributed by atoms with Crippen molar-refractivity contribution in [1.29, 1.82) is 0 Å². The number of aromatic nitrogens is 6. The summed E-state index contributed by atoms with van der Waals surface area (Å²) in [6, 6.07) is 15.9. The predicted molar refractivity (Wildman–Crippen MR) is 132 cm³/mol. The number of nitrogens with one attached hydrogen (secondary N) is 1. The number of unbranched alkanes of at least 4 members (excludes halogenated alkanes) is 1. The molecule has 0 aliphatic rings. The van der Waals surface area contributed by atoms with E-state index in [4.69, 9.17) is 9.72 Å². The topological polar surface area (TPSA) is 116 Å². The van der Waals surface area contributed by atoms with Crippen molar-refractivity contribution < 1.29 is 9.53 Å². The highest BCUT2D eigenvalue weighted by atomic mass is 16.5. The molecule has 2 aromatic carbocycles. The maximum absolute atomic E-state index is 13.4. The Labute approximate surface area is 203 Å². The van der Waals surface area contributed by atoms with E-state index >= 15 is 0 Å². The molecule has 0 saturated carbocycles. The zero-order chi connectivity index (χ0) is 24.8. The summed E-state index contributed by atoms with van der Waals surface area (Å²) in [5.74, 6) is 0.805. The zero-order valence-electron chi connectivity index (χ0n) is 20.1. The van der Waals surface area contributed by atoms with Gasteiger partial charge in [0.05, 0.1) is 20.1 Å². The molecule has 0 radical (unpaired) electrons. The first-order chi connectivity index (χ1) is 17.0. The van der Waals surface area contributed by atoms with Crippen molar-refractivity contribution in [2.24, 2.45) is 0 Å². The van der Waals surface area contributed by atoms with Gasteiger partial charge in [-0.3, -0.25) is 14.2 Å². The Morgan fingerprint density at radius 1 is 1.09 bits per heavy atom. The predicted octanol–water partition coefficient (Wildman–Crippen LogP) is 3.51. The third-order valence-electron chi connectivity index (χ3n) is 5.97. The van der Waals surface area contributed by atoms with E-state index in [0.29, 0.717) is 30.0 Å². The van der Waals surface area contributed by atoms with Crippen molar-refractivity contribution >= 4 is 5.97 Å². The fourth-order valence-corrected chi connectivity index (χ4v) is 4.04. The van der Waals surface area contributed by atoms with Gasteiger partial charge in [0.2, 0.25) is 5.82 Å². The molecule has 1 N–H and O–H groups in total. The molecule has 2 heterocycles. The second-order valence-corrected chi connectivity index (χ2v) is 8.32. The molecule has 180 valence electrons. The molecule has 9 heteroatoms. The Hall–Kier alpha value is -4.14. The number of methoxy groups -OCH3 is 1. The average molecular weight is 473 g/mol. The first-order valence-electron chi connectivity index (χ1n) is 11.6. The molecule has 0 aliphatic carbocycles. The van der Waals surface area contributed by atoms with E-state index in [1.54, 1.807) is 11.5 Å². The number of ether oxygens (including phenoxy) is 1. The van der Waals surface area contributed by atoms with Gasteiger partial charge in [-0.2, -0.15) is 5.21 Å². The molecule has 4 rings (SSSR count). The first-order valence-corrected chi connectivity index (χ1v) is 11.6. The second-order valence-electron chi connectivity index (χ2n) is 8.32. The third kappa shape index (κ3) is 5.34. The van der Waals surface area contributed by atoms with Crippen molar-refractivity contribution in [2.75, 3.05) is 7.11 Å². The number of nitrogens with zero attached hydrogens (tertiary/aromatic N) is 5. The van der Waals surface area contributed by atoms with Crippen LogP contribution in [-0.2, 0) is 28.9 Å². The highest BCUT2D eigenvalue weighted by Gasteiger charge is 2.18. The molecule has 0 bridgehead atoms. The minimum atomic E-state index is -0.454. The number of aromatic amines is 1. The van der Waals surface area contributed by atoms with Crippen LogP contribution in [0.2, 0.25) is 0 Å². The summed E-state index contributed by atoms with van der Waals surface area (Å²) in [4.78, 5) is 30.0. The van der Waals surface area contributed by atoms with Crippen LogP contribution in [0, 0.1) is 6.92 Å². The molecule has 0 atom stereocenters. The minimum Gasteiger partial charge on any atom is -0.469 e. The van der Waals surface area contributed by atoms with Crippen LogP contribution in [0.25, 0.3) is 22.5 Å². The van der Waals surface area contributed by atoms with Gasteiger partial charge in [-0.05, 0) is 35.2 Å². The molecule has 0 saturated heterocycles. The minimum absolute atomic E-state index is 0.0893. The van der Waals surface area contributed by atoms with Gasteiger partial charge in [-0.15, -0.1) is 10.2 Å². The number of rotatable bonds is 9. The highest BCUT2D eigenvalue weighted by molar-refractivity contribution is 5.80. The van der Waals surface area contributed by atoms with Gasteiger partial charge in [-0.25, -0.2) is 4.98 Å². The van der Waals surface area contributed by atoms with Crippen molar-refractivity contribution in [1.82, 2.24) is 30.2 Å². The van der Waals surface area contributed by atoms with E-state index in [1.165, 1.54) is 7.11 Å². The molecule has 0 amide bonds. The monoisotopic (exact) mass is 472 g/mol. The summed E-state index contributed by atoms with van der Waals surface area (Å²) in [5, 5.41) is 14.4. The Bertz CT molecular complexity index is 1360. The number of tetrazole rings is 1. The van der Waals surface area contributed by atoms with Gasteiger partial charge in [0, 0.05) is 23.2 Å². The molecule has 0 fully saturated rings. The van der Waals surface area contributed by atoms with Gasteiger partial charge < -0.3 is 4.74 Å². The summed E-state index contributed by atoms with van der Waals surface area (Å²) >= 11 is 0. The maximum Gasteiger partial charge on any atom is 0.310 e. The van der Waals surface area contributed by atoms with E-state index in [1.807, 2.05) is 48.5 Å². The quantitative estimate of drug-likeness (QED) is 0.371. The summed E-state index contributed by atoms with van der Waals surface area (Å²) in [7, 11) is 1.32. The van der Waals surface area contributed by atoms with Crippen LogP contribution in [0.3, 0.4) is 0 Å². The summed E-state index contributed by atoms with van der Waals surface area (Å²) in [5.41, 5.74) is 4.58. The Kier molecular flexibility index (Phi) is 7.45. The van der Waals surface area contributed by atoms with Gasteiger partial charge >= 0.3 is 5.97 Å². The standard InChI is InChI=1S/C26H28N6O3/c1-4-5-10-23-27-17(2)22(15-24(33)35-3)26(34)32(23)16-18-11-13-19(14-12-18)20-8-6-7-9-21(20)25-28-30-31-29-25/h6-9,11-14H,4-5,10,15-16H2,1-3H3,(H,28,29,30,31). The lowest BCUT2D eigenvalue weighted by Crippen LogP contribution is -2.31. The number of H-pyrrole nitrogens is 1. The fourth-order valence-electron chi connectivity index (χ4n) is 4.04. The maximum atomic E-state index is 13.4. The summed E-state index contributed by atoms with van der Waals surface area (Å²) in [6.07, 6.45) is 2.52. The molecule has 0 spiro atoms. The van der Waals surface area contributed by atoms with Crippen LogP contribution in [0.15, 0.2) is 53.3 Å². The van der Waals surface area contributed by atoms with E-state index in [2.05, 4.69) is 27.5 Å². The van der Waals surface area contributed by atoms with E-state index in [9.17, 15) is 9.59 Å². The fraction of sp³-hybridized carbons (Fsp3) is 0.308. The lowest BCUT2D eigenvalue weighted by Gasteiger charge is -2.16. The van der Waals surface area contributed by atoms with Gasteiger partial charge in [-0.1, -0.05) is 61.9 Å². The molecule has 9 nitrogen and oxygen atoms in total. The van der Waals surface area contributed by atoms with Crippen LogP contribution in [0.4, 0.5) is 0 Å². The van der Waals surface area contributed by atoms with Crippen LogP contribution in [-0.4, -0.2) is 43.3 Å². The number of benzene rings is 2. The van der Waals surface area contributed by atoms with Gasteiger partial charge in [0.15, 0.2) is 0 Å². The number of aryl methyl sites for hydroxylation is 2. The largest absolute Gasteiger partial charge is 0.469 e. The highest BCUT2D eigenvalue weighted by Crippen LogP contribution is 2.29. The van der Waals surface area contributed by atoms with Crippen LogP contribution in [0.1, 0.15) is 42.4 Å². The van der Waals surface area contributed by atoms with Crippen molar-refractivity contribution in [3.05, 3.63) is 81.5 Å². The van der Waals surface area contributed by atoms with Gasteiger partial charge in [0.25, 0.3) is 5.56 Å². The normalized spacial score (nSPS) is 10.9. The van der Waals surface area contributed by atoms with Crippen molar-refractivity contribution in [2.45, 2.75) is 46.1 Å². The number of esters is 1. The van der Waals surface area contributed by atoms with Crippen LogP contribution < -0.4 is 5.56 Å². The molecular formula is C26H28N6O3. The Balaban J connectivity index is 1.67.